The molecule has 2 aromatic rings. The third kappa shape index (κ3) is 2.60. The van der Waals surface area contributed by atoms with Gasteiger partial charge in [0.15, 0.2) is 0 Å². The van der Waals surface area contributed by atoms with Crippen LogP contribution in [0.25, 0.3) is 5.52 Å². The van der Waals surface area contributed by atoms with E-state index in [4.69, 9.17) is 0 Å². The Bertz CT molecular complexity index is 805. The van der Waals surface area contributed by atoms with Gasteiger partial charge in [-0.1, -0.05) is 5.92 Å². The number of hydrogen-bond acceptors (Lipinski definition) is 3. The van der Waals surface area contributed by atoms with Gasteiger partial charge in [0.05, 0.1) is 17.4 Å². The van der Waals surface area contributed by atoms with Gasteiger partial charge in [0.25, 0.3) is 5.91 Å². The average molecular weight is 308 g/mol. The number of piperidine rings is 3. The van der Waals surface area contributed by atoms with Gasteiger partial charge in [0, 0.05) is 18.8 Å². The molecule has 3 aliphatic heterocycles. The van der Waals surface area contributed by atoms with E-state index in [1.807, 2.05) is 23.5 Å². The van der Waals surface area contributed by atoms with Crippen LogP contribution in [0.15, 0.2) is 24.5 Å². The lowest BCUT2D eigenvalue weighted by Gasteiger charge is -2.44. The Kier molecular flexibility index (Phi) is 3.55. The summed E-state index contributed by atoms with van der Waals surface area (Å²) in [4.78, 5) is 19.3. The Morgan fingerprint density at radius 3 is 2.87 bits per heavy atom. The highest BCUT2D eigenvalue weighted by atomic mass is 16.2. The highest BCUT2D eigenvalue weighted by Crippen LogP contribution is 2.27. The maximum atomic E-state index is 12.6. The highest BCUT2D eigenvalue weighted by Gasteiger charge is 2.35. The predicted octanol–water partition coefficient (Wildman–Crippen LogP) is 1.53. The van der Waals surface area contributed by atoms with E-state index < -0.39 is 0 Å². The lowest BCUT2D eigenvalue weighted by molar-refractivity contribution is 0.0617. The zero-order chi connectivity index (χ0) is 15.8. The lowest BCUT2D eigenvalue weighted by atomic mass is 9.84. The number of carbonyl (C=O) groups excluding carboxylic acids is 1. The van der Waals surface area contributed by atoms with Crippen molar-refractivity contribution in [3.8, 4) is 11.8 Å². The zero-order valence-electron chi connectivity index (χ0n) is 13.2. The van der Waals surface area contributed by atoms with Gasteiger partial charge < -0.3 is 14.6 Å². The predicted molar refractivity (Wildman–Crippen MR) is 88.2 cm³/mol. The normalized spacial score (nSPS) is 25.9. The van der Waals surface area contributed by atoms with Crippen LogP contribution in [0.5, 0.6) is 0 Å². The average Bonchev–Trinajstić information content (AvgIpc) is 2.99. The molecule has 5 rings (SSSR count). The van der Waals surface area contributed by atoms with Crippen molar-refractivity contribution in [2.45, 2.75) is 25.8 Å². The van der Waals surface area contributed by atoms with Gasteiger partial charge in [0.2, 0.25) is 0 Å². The number of nitrogens with one attached hydrogen (secondary N) is 1. The van der Waals surface area contributed by atoms with Crippen molar-refractivity contribution in [1.29, 1.82) is 0 Å². The second kappa shape index (κ2) is 5.71. The van der Waals surface area contributed by atoms with Crippen LogP contribution < -0.4 is 5.32 Å². The molecule has 0 unspecified atom stereocenters. The van der Waals surface area contributed by atoms with E-state index >= 15 is 0 Å². The Balaban J connectivity index is 1.57. The molecule has 1 N–H and O–H groups in total. The molecule has 5 nitrogen and oxygen atoms in total. The molecule has 5 heteroatoms. The standard InChI is InChI=1S/C18H20N4O/c1-2-3-14-4-5-15-10-19-17(12-22(14)15)18(23)20-16-11-21-8-6-13(16)7-9-21/h4-5,10,12-13,16H,6-9,11H2,1H3,(H,20,23)/t16-/m0/s1. The molecule has 23 heavy (non-hydrogen) atoms. The summed E-state index contributed by atoms with van der Waals surface area (Å²) in [6, 6.07) is 4.16. The first-order valence-electron chi connectivity index (χ1n) is 8.17. The Morgan fingerprint density at radius 1 is 1.35 bits per heavy atom. The minimum atomic E-state index is -0.0882. The zero-order valence-corrected chi connectivity index (χ0v) is 13.2. The van der Waals surface area contributed by atoms with Crippen molar-refractivity contribution < 1.29 is 4.79 Å². The maximum Gasteiger partial charge on any atom is 0.271 e. The lowest BCUT2D eigenvalue weighted by Crippen LogP contribution is -2.57. The molecule has 0 saturated carbocycles. The van der Waals surface area contributed by atoms with Crippen molar-refractivity contribution in [1.82, 2.24) is 19.6 Å². The van der Waals surface area contributed by atoms with Crippen LogP contribution in [-0.4, -0.2) is 45.9 Å². The summed E-state index contributed by atoms with van der Waals surface area (Å²) in [5, 5.41) is 3.18. The minimum absolute atomic E-state index is 0.0882. The topological polar surface area (TPSA) is 49.6 Å². The molecule has 0 spiro atoms. The SMILES string of the molecule is CC#Cc1ccc2cnc(C(=O)N[C@H]3CN4CCC3CC4)cn12. The number of carbonyl (C=O) groups is 1. The summed E-state index contributed by atoms with van der Waals surface area (Å²) in [5.41, 5.74) is 2.27. The molecule has 0 aliphatic carbocycles. The van der Waals surface area contributed by atoms with Gasteiger partial charge in [-0.3, -0.25) is 4.79 Å². The van der Waals surface area contributed by atoms with Crippen LogP contribution in [0.4, 0.5) is 0 Å². The number of hydrogen-bond donors (Lipinski definition) is 1. The molecule has 5 heterocycles. The molecular formula is C18H20N4O. The van der Waals surface area contributed by atoms with E-state index in [1.54, 1.807) is 12.4 Å². The molecule has 0 radical (unpaired) electrons. The van der Waals surface area contributed by atoms with Crippen LogP contribution in [0, 0.1) is 17.8 Å². The third-order valence-corrected chi connectivity index (χ3v) is 5.00. The van der Waals surface area contributed by atoms with E-state index in [-0.39, 0.29) is 11.9 Å². The summed E-state index contributed by atoms with van der Waals surface area (Å²) in [6.45, 7) is 5.11. The van der Waals surface area contributed by atoms with Crippen LogP contribution in [0.3, 0.4) is 0 Å². The Hall–Kier alpha value is -2.32. The summed E-state index contributed by atoms with van der Waals surface area (Å²) in [5.74, 6) is 6.47. The summed E-state index contributed by atoms with van der Waals surface area (Å²) in [6.07, 6.45) is 5.88. The largest absolute Gasteiger partial charge is 0.346 e. The summed E-state index contributed by atoms with van der Waals surface area (Å²) < 4.78 is 1.93. The molecule has 1 amide bonds. The van der Waals surface area contributed by atoms with Gasteiger partial charge >= 0.3 is 0 Å². The van der Waals surface area contributed by atoms with Crippen LogP contribution >= 0.6 is 0 Å². The van der Waals surface area contributed by atoms with E-state index in [1.165, 1.54) is 25.9 Å². The highest BCUT2D eigenvalue weighted by molar-refractivity contribution is 5.92. The molecular weight excluding hydrogens is 288 g/mol. The minimum Gasteiger partial charge on any atom is -0.346 e. The Morgan fingerprint density at radius 2 is 2.17 bits per heavy atom. The van der Waals surface area contributed by atoms with Crippen molar-refractivity contribution in [2.75, 3.05) is 19.6 Å². The smallest absolute Gasteiger partial charge is 0.271 e. The van der Waals surface area contributed by atoms with Gasteiger partial charge in [0.1, 0.15) is 5.69 Å². The van der Waals surface area contributed by atoms with Crippen molar-refractivity contribution in [3.05, 3.63) is 35.9 Å². The first-order chi connectivity index (χ1) is 11.2. The summed E-state index contributed by atoms with van der Waals surface area (Å²) >= 11 is 0. The van der Waals surface area contributed by atoms with Gasteiger partial charge in [-0.05, 0) is 56.8 Å². The van der Waals surface area contributed by atoms with Gasteiger partial charge in [-0.2, -0.15) is 0 Å². The summed E-state index contributed by atoms with van der Waals surface area (Å²) in [7, 11) is 0. The van der Waals surface area contributed by atoms with Crippen LogP contribution in [-0.2, 0) is 0 Å². The number of rotatable bonds is 2. The quantitative estimate of drug-likeness (QED) is 0.856. The fraction of sp³-hybridized carbons (Fsp3) is 0.444. The second-order valence-electron chi connectivity index (χ2n) is 6.38. The van der Waals surface area contributed by atoms with E-state index in [2.05, 4.69) is 27.0 Å². The first-order valence-corrected chi connectivity index (χ1v) is 8.17. The van der Waals surface area contributed by atoms with Crippen LogP contribution in [0.2, 0.25) is 0 Å². The van der Waals surface area contributed by atoms with E-state index in [0.717, 1.165) is 17.8 Å². The second-order valence-corrected chi connectivity index (χ2v) is 6.38. The van der Waals surface area contributed by atoms with Crippen LogP contribution in [0.1, 0.15) is 35.9 Å². The fourth-order valence-corrected chi connectivity index (χ4v) is 3.72. The molecule has 3 fully saturated rings. The third-order valence-electron chi connectivity index (χ3n) is 5.00. The van der Waals surface area contributed by atoms with E-state index in [0.29, 0.717) is 11.6 Å². The monoisotopic (exact) mass is 308 g/mol. The molecule has 118 valence electrons. The fourth-order valence-electron chi connectivity index (χ4n) is 3.72. The van der Waals surface area contributed by atoms with Gasteiger partial charge in [-0.25, -0.2) is 4.98 Å². The number of aromatic nitrogens is 2. The van der Waals surface area contributed by atoms with E-state index in [9.17, 15) is 4.79 Å². The number of nitrogens with zero attached hydrogens (tertiary/aromatic N) is 3. The molecule has 0 aromatic carbocycles. The van der Waals surface area contributed by atoms with Gasteiger partial charge in [-0.15, -0.1) is 0 Å². The van der Waals surface area contributed by atoms with Crippen molar-refractivity contribution >= 4 is 11.4 Å². The van der Waals surface area contributed by atoms with Crippen molar-refractivity contribution in [3.63, 3.8) is 0 Å². The van der Waals surface area contributed by atoms with Crippen molar-refractivity contribution in [2.24, 2.45) is 5.92 Å². The Labute approximate surface area is 135 Å². The molecule has 3 aliphatic rings. The maximum absolute atomic E-state index is 12.6. The molecule has 1 atom stereocenters. The number of amides is 1. The first kappa shape index (κ1) is 14.3. The molecule has 2 aromatic heterocycles. The molecule has 3 saturated heterocycles. The number of fused-ring (bicyclic) bond motifs is 4. The molecule has 2 bridgehead atoms.